The molecule has 0 amide bonds. The summed E-state index contributed by atoms with van der Waals surface area (Å²) in [7, 11) is 0. The first-order chi connectivity index (χ1) is 7.20. The van der Waals surface area contributed by atoms with Gasteiger partial charge in [0.15, 0.2) is 0 Å². The molecule has 2 rings (SSSR count). The summed E-state index contributed by atoms with van der Waals surface area (Å²) < 4.78 is 13.4. The van der Waals surface area contributed by atoms with Gasteiger partial charge in [0.05, 0.1) is 5.69 Å². The molecule has 0 saturated heterocycles. The summed E-state index contributed by atoms with van der Waals surface area (Å²) in [6.45, 7) is 1.99. The average molecular weight is 206 g/mol. The summed E-state index contributed by atoms with van der Waals surface area (Å²) in [6, 6.07) is 5.84. The highest BCUT2D eigenvalue weighted by Crippen LogP contribution is 2.24. The van der Waals surface area contributed by atoms with Crippen molar-refractivity contribution >= 4 is 0 Å². The molecule has 1 aromatic carbocycles. The molecule has 0 saturated carbocycles. The molecule has 0 aliphatic rings. The van der Waals surface area contributed by atoms with E-state index in [-0.39, 0.29) is 5.75 Å². The number of halogens is 1. The molecular formula is C11H11FN2O. The Kier molecular flexibility index (Phi) is 2.41. The van der Waals surface area contributed by atoms with Crippen LogP contribution >= 0.6 is 0 Å². The normalized spacial score (nSPS) is 10.5. The fourth-order valence-electron chi connectivity index (χ4n) is 1.39. The van der Waals surface area contributed by atoms with Crippen LogP contribution in [-0.4, -0.2) is 15.3 Å². The standard InChI is InChI=1S/C11H11FN2O/c1-2-7-5-11(14-13-7)9-4-3-8(15)6-10(9)12/h3-6,15H,2H2,1H3,(H,13,14). The monoisotopic (exact) mass is 206 g/mol. The first-order valence-electron chi connectivity index (χ1n) is 4.74. The Bertz CT molecular complexity index is 479. The highest BCUT2D eigenvalue weighted by molar-refractivity contribution is 5.61. The number of hydrogen-bond acceptors (Lipinski definition) is 2. The molecule has 0 unspecified atom stereocenters. The van der Waals surface area contributed by atoms with Gasteiger partial charge in [-0.2, -0.15) is 5.10 Å². The molecule has 78 valence electrons. The van der Waals surface area contributed by atoms with Crippen LogP contribution in [-0.2, 0) is 6.42 Å². The molecule has 0 bridgehead atoms. The summed E-state index contributed by atoms with van der Waals surface area (Å²) in [5, 5.41) is 15.9. The van der Waals surface area contributed by atoms with Crippen LogP contribution < -0.4 is 0 Å². The Labute approximate surface area is 86.6 Å². The number of aromatic nitrogens is 2. The number of rotatable bonds is 2. The minimum absolute atomic E-state index is 0.0810. The largest absolute Gasteiger partial charge is 0.508 e. The van der Waals surface area contributed by atoms with Crippen LogP contribution in [0.5, 0.6) is 5.75 Å². The minimum atomic E-state index is -0.468. The molecule has 0 aliphatic heterocycles. The topological polar surface area (TPSA) is 48.9 Å². The number of phenols is 1. The Morgan fingerprint density at radius 3 is 2.80 bits per heavy atom. The molecule has 3 nitrogen and oxygen atoms in total. The van der Waals surface area contributed by atoms with Crippen molar-refractivity contribution in [1.29, 1.82) is 0 Å². The Morgan fingerprint density at radius 1 is 1.40 bits per heavy atom. The smallest absolute Gasteiger partial charge is 0.136 e. The lowest BCUT2D eigenvalue weighted by Crippen LogP contribution is -1.83. The van der Waals surface area contributed by atoms with Crippen molar-refractivity contribution in [2.45, 2.75) is 13.3 Å². The van der Waals surface area contributed by atoms with Crippen molar-refractivity contribution in [1.82, 2.24) is 10.2 Å². The number of hydrogen-bond donors (Lipinski definition) is 2. The van der Waals surface area contributed by atoms with Crippen molar-refractivity contribution in [3.05, 3.63) is 35.8 Å². The fraction of sp³-hybridized carbons (Fsp3) is 0.182. The number of benzene rings is 1. The van der Waals surface area contributed by atoms with Gasteiger partial charge in [0.25, 0.3) is 0 Å². The van der Waals surface area contributed by atoms with Crippen molar-refractivity contribution < 1.29 is 9.50 Å². The number of aromatic hydroxyl groups is 1. The van der Waals surface area contributed by atoms with Crippen LogP contribution in [0.15, 0.2) is 24.3 Å². The van der Waals surface area contributed by atoms with Crippen molar-refractivity contribution in [2.24, 2.45) is 0 Å². The van der Waals surface area contributed by atoms with Gasteiger partial charge in [-0.25, -0.2) is 4.39 Å². The predicted octanol–water partition coefficient (Wildman–Crippen LogP) is 2.48. The third-order valence-corrected chi connectivity index (χ3v) is 2.24. The lowest BCUT2D eigenvalue weighted by atomic mass is 10.1. The van der Waals surface area contributed by atoms with Crippen molar-refractivity contribution in [3.63, 3.8) is 0 Å². The van der Waals surface area contributed by atoms with Gasteiger partial charge in [-0.1, -0.05) is 6.92 Å². The van der Waals surface area contributed by atoms with E-state index in [0.29, 0.717) is 11.3 Å². The molecule has 1 aromatic heterocycles. The zero-order valence-corrected chi connectivity index (χ0v) is 8.29. The highest BCUT2D eigenvalue weighted by Gasteiger charge is 2.08. The predicted molar refractivity (Wildman–Crippen MR) is 55.0 cm³/mol. The molecule has 0 fully saturated rings. The summed E-state index contributed by atoms with van der Waals surface area (Å²) in [5.74, 6) is -0.549. The zero-order chi connectivity index (χ0) is 10.8. The Hall–Kier alpha value is -1.84. The number of phenolic OH excluding ortho intramolecular Hbond substituents is 1. The number of nitrogens with zero attached hydrogens (tertiary/aromatic N) is 1. The van der Waals surface area contributed by atoms with E-state index in [9.17, 15) is 4.39 Å². The van der Waals surface area contributed by atoms with Crippen LogP contribution in [0.4, 0.5) is 4.39 Å². The van der Waals surface area contributed by atoms with Crippen LogP contribution in [0.3, 0.4) is 0 Å². The van der Waals surface area contributed by atoms with Gasteiger partial charge in [-0.15, -0.1) is 0 Å². The maximum absolute atomic E-state index is 13.4. The maximum Gasteiger partial charge on any atom is 0.136 e. The van der Waals surface area contributed by atoms with E-state index in [0.717, 1.165) is 18.2 Å². The number of nitrogens with one attached hydrogen (secondary N) is 1. The minimum Gasteiger partial charge on any atom is -0.508 e. The summed E-state index contributed by atoms with van der Waals surface area (Å²) in [4.78, 5) is 0. The van der Waals surface area contributed by atoms with Crippen LogP contribution in [0.25, 0.3) is 11.3 Å². The van der Waals surface area contributed by atoms with Gasteiger partial charge in [0, 0.05) is 17.3 Å². The van der Waals surface area contributed by atoms with E-state index in [1.54, 1.807) is 6.07 Å². The molecule has 4 heteroatoms. The van der Waals surface area contributed by atoms with Crippen LogP contribution in [0.1, 0.15) is 12.6 Å². The second-order valence-electron chi connectivity index (χ2n) is 3.30. The van der Waals surface area contributed by atoms with Crippen LogP contribution in [0, 0.1) is 5.82 Å². The van der Waals surface area contributed by atoms with E-state index in [1.165, 1.54) is 12.1 Å². The zero-order valence-electron chi connectivity index (χ0n) is 8.29. The van der Waals surface area contributed by atoms with Crippen LogP contribution in [0.2, 0.25) is 0 Å². The summed E-state index contributed by atoms with van der Waals surface area (Å²) >= 11 is 0. The van der Waals surface area contributed by atoms with E-state index in [1.807, 2.05) is 6.92 Å². The van der Waals surface area contributed by atoms with E-state index in [2.05, 4.69) is 10.2 Å². The fourth-order valence-corrected chi connectivity index (χ4v) is 1.39. The molecule has 0 radical (unpaired) electrons. The van der Waals surface area contributed by atoms with Crippen molar-refractivity contribution in [2.75, 3.05) is 0 Å². The number of aromatic amines is 1. The molecule has 0 atom stereocenters. The first-order valence-corrected chi connectivity index (χ1v) is 4.74. The Morgan fingerprint density at radius 2 is 2.20 bits per heavy atom. The first kappa shape index (κ1) is 9.71. The molecule has 15 heavy (non-hydrogen) atoms. The maximum atomic E-state index is 13.4. The molecule has 2 N–H and O–H groups in total. The molecule has 0 aliphatic carbocycles. The third kappa shape index (κ3) is 1.83. The van der Waals surface area contributed by atoms with Gasteiger partial charge >= 0.3 is 0 Å². The van der Waals surface area contributed by atoms with Gasteiger partial charge in [-0.05, 0) is 24.6 Å². The second kappa shape index (κ2) is 3.73. The quantitative estimate of drug-likeness (QED) is 0.793. The SMILES string of the molecule is CCc1cc(-c2ccc(O)cc2F)n[nH]1. The van der Waals surface area contributed by atoms with Gasteiger partial charge in [-0.3, -0.25) is 5.10 Å². The molecule has 0 spiro atoms. The van der Waals surface area contributed by atoms with Gasteiger partial charge in [0.2, 0.25) is 0 Å². The van der Waals surface area contributed by atoms with E-state index in [4.69, 9.17) is 5.11 Å². The Balaban J connectivity index is 2.44. The summed E-state index contributed by atoms with van der Waals surface area (Å²) in [6.07, 6.45) is 0.826. The van der Waals surface area contributed by atoms with Gasteiger partial charge < -0.3 is 5.11 Å². The second-order valence-corrected chi connectivity index (χ2v) is 3.30. The van der Waals surface area contributed by atoms with Crippen molar-refractivity contribution in [3.8, 4) is 17.0 Å². The molecule has 2 aromatic rings. The highest BCUT2D eigenvalue weighted by atomic mass is 19.1. The number of aryl methyl sites for hydroxylation is 1. The van der Waals surface area contributed by atoms with E-state index >= 15 is 0 Å². The molecular weight excluding hydrogens is 195 g/mol. The lowest BCUT2D eigenvalue weighted by Gasteiger charge is -1.98. The third-order valence-electron chi connectivity index (χ3n) is 2.24. The molecule has 1 heterocycles. The van der Waals surface area contributed by atoms with E-state index < -0.39 is 5.82 Å². The summed E-state index contributed by atoms with van der Waals surface area (Å²) in [5.41, 5.74) is 1.91. The lowest BCUT2D eigenvalue weighted by molar-refractivity contribution is 0.469. The van der Waals surface area contributed by atoms with Gasteiger partial charge in [0.1, 0.15) is 11.6 Å². The number of H-pyrrole nitrogens is 1. The average Bonchev–Trinajstić information content (AvgIpc) is 2.66.